The third-order valence-electron chi connectivity index (χ3n) is 3.89. The van der Waals surface area contributed by atoms with Crippen molar-refractivity contribution in [3.8, 4) is 0 Å². The van der Waals surface area contributed by atoms with Gasteiger partial charge in [-0.15, -0.1) is 0 Å². The molecule has 1 aromatic carbocycles. The molecule has 0 spiro atoms. The number of hydrogen-bond donors (Lipinski definition) is 2. The molecule has 0 aliphatic heterocycles. The first kappa shape index (κ1) is 18.0. The fraction of sp³-hybridized carbons (Fsp3) is 0.500. The van der Waals surface area contributed by atoms with Crippen LogP contribution >= 0.6 is 23.2 Å². The lowest BCUT2D eigenvalue weighted by molar-refractivity contribution is -0.167. The number of benzene rings is 1. The molecule has 0 unspecified atom stereocenters. The minimum atomic E-state index is -1.42. The summed E-state index contributed by atoms with van der Waals surface area (Å²) in [4.78, 5) is 23.4. The van der Waals surface area contributed by atoms with E-state index in [0.29, 0.717) is 35.9 Å². The van der Waals surface area contributed by atoms with E-state index in [9.17, 15) is 14.7 Å². The first-order valence-corrected chi connectivity index (χ1v) is 8.27. The summed E-state index contributed by atoms with van der Waals surface area (Å²) in [6, 6.07) is 5.31. The number of nitrogens with one attached hydrogen (secondary N) is 1. The van der Waals surface area contributed by atoms with Crippen LogP contribution in [0.3, 0.4) is 0 Å². The molecule has 1 aliphatic rings. The maximum absolute atomic E-state index is 11.8. The first-order chi connectivity index (χ1) is 10.9. The Hall–Kier alpha value is -1.30. The Morgan fingerprint density at radius 1 is 1.26 bits per heavy atom. The lowest BCUT2D eigenvalue weighted by Gasteiger charge is -2.19. The fourth-order valence-corrected chi connectivity index (χ4v) is 2.97. The van der Waals surface area contributed by atoms with Crippen molar-refractivity contribution in [1.29, 1.82) is 0 Å². The van der Waals surface area contributed by atoms with Crippen LogP contribution in [-0.4, -0.2) is 35.7 Å². The molecule has 2 rings (SSSR count). The molecule has 1 fully saturated rings. The van der Waals surface area contributed by atoms with Crippen LogP contribution in [0.1, 0.15) is 31.2 Å². The molecule has 0 heterocycles. The van der Waals surface area contributed by atoms with Crippen molar-refractivity contribution in [3.63, 3.8) is 0 Å². The van der Waals surface area contributed by atoms with E-state index in [2.05, 4.69) is 5.32 Å². The number of carbonyl (C=O) groups excluding carboxylic acids is 2. The Bertz CT molecular complexity index is 585. The van der Waals surface area contributed by atoms with Gasteiger partial charge in [0.2, 0.25) is 0 Å². The summed E-state index contributed by atoms with van der Waals surface area (Å²) >= 11 is 12.0. The molecule has 1 aromatic rings. The van der Waals surface area contributed by atoms with Gasteiger partial charge in [0, 0.05) is 6.54 Å². The third-order valence-corrected chi connectivity index (χ3v) is 4.75. The topological polar surface area (TPSA) is 75.6 Å². The van der Waals surface area contributed by atoms with Crippen LogP contribution in [0.5, 0.6) is 0 Å². The molecular formula is C16H19Cl2NO4. The molecule has 23 heavy (non-hydrogen) atoms. The van der Waals surface area contributed by atoms with Gasteiger partial charge in [-0.05, 0) is 43.7 Å². The highest BCUT2D eigenvalue weighted by molar-refractivity contribution is 6.42. The summed E-state index contributed by atoms with van der Waals surface area (Å²) in [5.74, 6) is -1.14. The van der Waals surface area contributed by atoms with Gasteiger partial charge >= 0.3 is 5.97 Å². The predicted octanol–water partition coefficient (Wildman–Crippen LogP) is 2.50. The van der Waals surface area contributed by atoms with E-state index < -0.39 is 24.1 Å². The van der Waals surface area contributed by atoms with Crippen LogP contribution in [0.4, 0.5) is 0 Å². The Balaban J connectivity index is 1.71. The van der Waals surface area contributed by atoms with E-state index in [1.807, 2.05) is 6.07 Å². The van der Waals surface area contributed by atoms with Crippen molar-refractivity contribution in [1.82, 2.24) is 5.32 Å². The predicted molar refractivity (Wildman–Crippen MR) is 87.6 cm³/mol. The second-order valence-electron chi connectivity index (χ2n) is 5.63. The Morgan fingerprint density at radius 2 is 1.96 bits per heavy atom. The summed E-state index contributed by atoms with van der Waals surface area (Å²) in [6.07, 6.45) is 2.88. The molecule has 1 saturated carbocycles. The Morgan fingerprint density at radius 3 is 2.65 bits per heavy atom. The molecule has 126 valence electrons. The fourth-order valence-electron chi connectivity index (χ4n) is 2.56. The number of ether oxygens (including phenoxy) is 1. The zero-order valence-corrected chi connectivity index (χ0v) is 14.1. The zero-order chi connectivity index (χ0) is 16.9. The van der Waals surface area contributed by atoms with E-state index in [1.165, 1.54) is 0 Å². The maximum Gasteiger partial charge on any atom is 0.338 e. The van der Waals surface area contributed by atoms with Gasteiger partial charge < -0.3 is 15.2 Å². The van der Waals surface area contributed by atoms with Crippen molar-refractivity contribution in [2.75, 3.05) is 13.2 Å². The van der Waals surface area contributed by atoms with Crippen LogP contribution < -0.4 is 5.32 Å². The van der Waals surface area contributed by atoms with Crippen LogP contribution in [0.25, 0.3) is 0 Å². The minimum absolute atomic E-state index is 0.348. The van der Waals surface area contributed by atoms with E-state index in [4.69, 9.17) is 27.9 Å². The summed E-state index contributed by atoms with van der Waals surface area (Å²) in [5, 5.41) is 13.6. The second kappa shape index (κ2) is 7.99. The van der Waals surface area contributed by atoms with E-state index in [1.54, 1.807) is 12.1 Å². The van der Waals surface area contributed by atoms with Gasteiger partial charge in [-0.1, -0.05) is 35.3 Å². The average Bonchev–Trinajstić information content (AvgIpc) is 2.97. The number of aliphatic hydroxyl groups is 1. The monoisotopic (exact) mass is 359 g/mol. The minimum Gasteiger partial charge on any atom is -0.453 e. The van der Waals surface area contributed by atoms with Crippen molar-refractivity contribution >= 4 is 35.1 Å². The number of amides is 1. The number of esters is 1. The van der Waals surface area contributed by atoms with Crippen LogP contribution in [0.15, 0.2) is 18.2 Å². The molecule has 0 atom stereocenters. The van der Waals surface area contributed by atoms with Gasteiger partial charge in [0.15, 0.2) is 12.2 Å². The quantitative estimate of drug-likeness (QED) is 0.765. The van der Waals surface area contributed by atoms with Crippen molar-refractivity contribution in [3.05, 3.63) is 33.8 Å². The molecule has 7 heteroatoms. The molecule has 0 radical (unpaired) electrons. The number of rotatable bonds is 6. The summed E-state index contributed by atoms with van der Waals surface area (Å²) < 4.78 is 4.89. The normalized spacial score (nSPS) is 16.1. The Labute approximate surface area is 144 Å². The van der Waals surface area contributed by atoms with Gasteiger partial charge in [-0.2, -0.15) is 0 Å². The number of carbonyl (C=O) groups is 2. The Kier molecular flexibility index (Phi) is 6.27. The lowest BCUT2D eigenvalue weighted by Crippen LogP contribution is -2.39. The van der Waals surface area contributed by atoms with Crippen LogP contribution in [0.2, 0.25) is 10.0 Å². The van der Waals surface area contributed by atoms with Gasteiger partial charge in [-0.25, -0.2) is 4.79 Å². The number of hydrogen-bond acceptors (Lipinski definition) is 4. The highest BCUT2D eigenvalue weighted by Gasteiger charge is 2.40. The lowest BCUT2D eigenvalue weighted by atomic mass is 10.0. The van der Waals surface area contributed by atoms with Gasteiger partial charge in [0.1, 0.15) is 0 Å². The maximum atomic E-state index is 11.8. The van der Waals surface area contributed by atoms with E-state index >= 15 is 0 Å². The second-order valence-corrected chi connectivity index (χ2v) is 6.41. The number of halogens is 2. The molecular weight excluding hydrogens is 341 g/mol. The highest BCUT2D eigenvalue weighted by Crippen LogP contribution is 2.30. The summed E-state index contributed by atoms with van der Waals surface area (Å²) in [6.45, 7) is -0.0505. The van der Waals surface area contributed by atoms with Gasteiger partial charge in [0.25, 0.3) is 5.91 Å². The molecule has 0 saturated heterocycles. The largest absolute Gasteiger partial charge is 0.453 e. The van der Waals surface area contributed by atoms with E-state index in [-0.39, 0.29) is 0 Å². The van der Waals surface area contributed by atoms with Crippen LogP contribution in [-0.2, 0) is 20.7 Å². The highest BCUT2D eigenvalue weighted by atomic mass is 35.5. The zero-order valence-electron chi connectivity index (χ0n) is 12.6. The molecule has 0 bridgehead atoms. The molecule has 2 N–H and O–H groups in total. The summed E-state index contributed by atoms with van der Waals surface area (Å²) in [5.41, 5.74) is -0.592. The smallest absolute Gasteiger partial charge is 0.338 e. The molecule has 0 aromatic heterocycles. The van der Waals surface area contributed by atoms with Crippen LogP contribution in [0, 0.1) is 0 Å². The van der Waals surface area contributed by atoms with Crippen molar-refractivity contribution in [2.45, 2.75) is 37.7 Å². The van der Waals surface area contributed by atoms with Gasteiger partial charge in [0.05, 0.1) is 10.0 Å². The SMILES string of the molecule is O=C(COC(=O)C1(O)CCCC1)NCCc1cccc(Cl)c1Cl. The molecule has 1 amide bonds. The average molecular weight is 360 g/mol. The van der Waals surface area contributed by atoms with Crippen molar-refractivity contribution < 1.29 is 19.4 Å². The molecule has 1 aliphatic carbocycles. The standard InChI is InChI=1S/C16H19Cl2NO4/c17-12-5-3-4-11(14(12)18)6-9-19-13(20)10-23-15(21)16(22)7-1-2-8-16/h3-5,22H,1-2,6-10H2,(H,19,20). The third kappa shape index (κ3) is 4.83. The summed E-state index contributed by atoms with van der Waals surface area (Å²) in [7, 11) is 0. The van der Waals surface area contributed by atoms with E-state index in [0.717, 1.165) is 18.4 Å². The molecule has 5 nitrogen and oxygen atoms in total. The van der Waals surface area contributed by atoms with Gasteiger partial charge in [-0.3, -0.25) is 4.79 Å². The first-order valence-electron chi connectivity index (χ1n) is 7.51. The van der Waals surface area contributed by atoms with Crippen molar-refractivity contribution in [2.24, 2.45) is 0 Å².